The summed E-state index contributed by atoms with van der Waals surface area (Å²) in [5.74, 6) is 0.870. The predicted molar refractivity (Wildman–Crippen MR) is 75.0 cm³/mol. The van der Waals surface area contributed by atoms with E-state index in [9.17, 15) is 0 Å². The summed E-state index contributed by atoms with van der Waals surface area (Å²) < 4.78 is 11.0. The molecule has 0 bridgehead atoms. The van der Waals surface area contributed by atoms with Gasteiger partial charge in [0.15, 0.2) is 0 Å². The number of methoxy groups -OCH3 is 1. The number of hydrogen-bond acceptors (Lipinski definition) is 3. The van der Waals surface area contributed by atoms with Gasteiger partial charge in [0.25, 0.3) is 0 Å². The Morgan fingerprint density at radius 3 is 2.61 bits per heavy atom. The summed E-state index contributed by atoms with van der Waals surface area (Å²) in [6.07, 6.45) is 1.70. The molecule has 102 valence electrons. The van der Waals surface area contributed by atoms with Crippen molar-refractivity contribution in [1.29, 1.82) is 0 Å². The van der Waals surface area contributed by atoms with Crippen molar-refractivity contribution >= 4 is 0 Å². The third-order valence-electron chi connectivity index (χ3n) is 3.55. The van der Waals surface area contributed by atoms with Crippen LogP contribution in [0, 0.1) is 0 Å². The van der Waals surface area contributed by atoms with Crippen LogP contribution in [0.2, 0.25) is 0 Å². The van der Waals surface area contributed by atoms with Crippen molar-refractivity contribution < 1.29 is 9.47 Å². The minimum Gasteiger partial charge on any atom is -0.497 e. The molecule has 0 fully saturated rings. The largest absolute Gasteiger partial charge is 0.497 e. The van der Waals surface area contributed by atoms with E-state index in [1.807, 2.05) is 25.1 Å². The van der Waals surface area contributed by atoms with E-state index in [4.69, 9.17) is 15.2 Å². The first-order valence-electron chi connectivity index (χ1n) is 6.58. The smallest absolute Gasteiger partial charge is 0.119 e. The molecule has 0 saturated heterocycles. The van der Waals surface area contributed by atoms with E-state index in [1.54, 1.807) is 7.11 Å². The standard InChI is InChI=1S/C15H25NO2/c1-5-15(3,18-6-2)14(16)11-12-8-7-9-13(10-12)17-4/h7-10,14H,5-6,11,16H2,1-4H3. The van der Waals surface area contributed by atoms with Crippen molar-refractivity contribution in [2.24, 2.45) is 5.73 Å². The Morgan fingerprint density at radius 2 is 2.06 bits per heavy atom. The topological polar surface area (TPSA) is 44.5 Å². The molecular formula is C15H25NO2. The van der Waals surface area contributed by atoms with Crippen molar-refractivity contribution in [1.82, 2.24) is 0 Å². The molecule has 1 aromatic rings. The average Bonchev–Trinajstić information content (AvgIpc) is 2.39. The second-order valence-electron chi connectivity index (χ2n) is 4.76. The molecule has 0 heterocycles. The molecule has 0 amide bonds. The number of ether oxygens (including phenoxy) is 2. The monoisotopic (exact) mass is 251 g/mol. The summed E-state index contributed by atoms with van der Waals surface area (Å²) in [7, 11) is 1.68. The van der Waals surface area contributed by atoms with Gasteiger partial charge in [-0.2, -0.15) is 0 Å². The van der Waals surface area contributed by atoms with Gasteiger partial charge in [0.1, 0.15) is 5.75 Å². The number of nitrogens with two attached hydrogens (primary N) is 1. The molecule has 2 N–H and O–H groups in total. The molecular weight excluding hydrogens is 226 g/mol. The van der Waals surface area contributed by atoms with Crippen LogP contribution in [0.15, 0.2) is 24.3 Å². The quantitative estimate of drug-likeness (QED) is 0.810. The molecule has 0 aliphatic carbocycles. The van der Waals surface area contributed by atoms with Crippen LogP contribution in [-0.2, 0) is 11.2 Å². The van der Waals surface area contributed by atoms with Crippen LogP contribution in [0.5, 0.6) is 5.75 Å². The van der Waals surface area contributed by atoms with Gasteiger partial charge in [0, 0.05) is 12.6 Å². The van der Waals surface area contributed by atoms with E-state index in [-0.39, 0.29) is 11.6 Å². The molecule has 3 nitrogen and oxygen atoms in total. The average molecular weight is 251 g/mol. The van der Waals surface area contributed by atoms with Gasteiger partial charge in [-0.1, -0.05) is 19.1 Å². The molecule has 3 heteroatoms. The van der Waals surface area contributed by atoms with Crippen LogP contribution in [0.4, 0.5) is 0 Å². The third-order valence-corrected chi connectivity index (χ3v) is 3.55. The van der Waals surface area contributed by atoms with Gasteiger partial charge in [-0.25, -0.2) is 0 Å². The molecule has 0 radical (unpaired) electrons. The normalized spacial score (nSPS) is 16.1. The molecule has 2 unspecified atom stereocenters. The Hall–Kier alpha value is -1.06. The van der Waals surface area contributed by atoms with Gasteiger partial charge in [-0.3, -0.25) is 0 Å². The van der Waals surface area contributed by atoms with Gasteiger partial charge < -0.3 is 15.2 Å². The van der Waals surface area contributed by atoms with E-state index in [2.05, 4.69) is 19.9 Å². The van der Waals surface area contributed by atoms with Gasteiger partial charge in [0.2, 0.25) is 0 Å². The number of benzene rings is 1. The molecule has 18 heavy (non-hydrogen) atoms. The van der Waals surface area contributed by atoms with Crippen LogP contribution in [0.3, 0.4) is 0 Å². The van der Waals surface area contributed by atoms with E-state index >= 15 is 0 Å². The second kappa shape index (κ2) is 6.76. The minimum atomic E-state index is -0.266. The summed E-state index contributed by atoms with van der Waals surface area (Å²) in [6, 6.07) is 8.02. The second-order valence-corrected chi connectivity index (χ2v) is 4.76. The maximum absolute atomic E-state index is 6.31. The molecule has 0 aliphatic rings. The van der Waals surface area contributed by atoms with E-state index < -0.39 is 0 Å². The fraction of sp³-hybridized carbons (Fsp3) is 0.600. The summed E-state index contributed by atoms with van der Waals surface area (Å²) >= 11 is 0. The summed E-state index contributed by atoms with van der Waals surface area (Å²) in [5, 5.41) is 0. The van der Waals surface area contributed by atoms with Crippen LogP contribution >= 0.6 is 0 Å². The molecule has 0 aliphatic heterocycles. The predicted octanol–water partition coefficient (Wildman–Crippen LogP) is 2.77. The lowest BCUT2D eigenvalue weighted by atomic mass is 9.89. The molecule has 1 aromatic carbocycles. The van der Waals surface area contributed by atoms with Gasteiger partial charge in [-0.15, -0.1) is 0 Å². The van der Waals surface area contributed by atoms with Gasteiger partial charge in [-0.05, 0) is 44.4 Å². The summed E-state index contributed by atoms with van der Waals surface area (Å²) in [5.41, 5.74) is 7.22. The molecule has 1 rings (SSSR count). The molecule has 0 spiro atoms. The maximum Gasteiger partial charge on any atom is 0.119 e. The number of rotatable bonds is 7. The highest BCUT2D eigenvalue weighted by atomic mass is 16.5. The molecule has 0 aromatic heterocycles. The highest BCUT2D eigenvalue weighted by Crippen LogP contribution is 2.23. The van der Waals surface area contributed by atoms with Crippen molar-refractivity contribution in [3.05, 3.63) is 29.8 Å². The van der Waals surface area contributed by atoms with Crippen LogP contribution in [0.1, 0.15) is 32.8 Å². The first-order valence-corrected chi connectivity index (χ1v) is 6.58. The first-order chi connectivity index (χ1) is 8.55. The SMILES string of the molecule is CCOC(C)(CC)C(N)Cc1cccc(OC)c1. The van der Waals surface area contributed by atoms with Crippen LogP contribution < -0.4 is 10.5 Å². The van der Waals surface area contributed by atoms with Crippen molar-refractivity contribution in [2.75, 3.05) is 13.7 Å². The third kappa shape index (κ3) is 3.72. The zero-order valence-corrected chi connectivity index (χ0v) is 11.9. The lowest BCUT2D eigenvalue weighted by Gasteiger charge is -2.34. The van der Waals surface area contributed by atoms with Crippen molar-refractivity contribution in [3.63, 3.8) is 0 Å². The Kier molecular flexibility index (Phi) is 5.63. The van der Waals surface area contributed by atoms with E-state index in [0.717, 1.165) is 18.6 Å². The minimum absolute atomic E-state index is 0.0189. The maximum atomic E-state index is 6.31. The van der Waals surface area contributed by atoms with E-state index in [0.29, 0.717) is 6.61 Å². The van der Waals surface area contributed by atoms with Crippen LogP contribution in [0.25, 0.3) is 0 Å². The summed E-state index contributed by atoms with van der Waals surface area (Å²) in [6.45, 7) is 6.89. The van der Waals surface area contributed by atoms with Crippen molar-refractivity contribution in [3.8, 4) is 5.75 Å². The van der Waals surface area contributed by atoms with Gasteiger partial charge >= 0.3 is 0 Å². The summed E-state index contributed by atoms with van der Waals surface area (Å²) in [4.78, 5) is 0. The highest BCUT2D eigenvalue weighted by molar-refractivity contribution is 5.29. The zero-order valence-electron chi connectivity index (χ0n) is 11.9. The Bertz CT molecular complexity index is 367. The zero-order chi connectivity index (χ0) is 13.6. The highest BCUT2D eigenvalue weighted by Gasteiger charge is 2.30. The van der Waals surface area contributed by atoms with Crippen LogP contribution in [-0.4, -0.2) is 25.4 Å². The molecule has 2 atom stereocenters. The van der Waals surface area contributed by atoms with E-state index in [1.165, 1.54) is 5.56 Å². The Balaban J connectivity index is 2.75. The Morgan fingerprint density at radius 1 is 1.33 bits per heavy atom. The Labute approximate surface area is 110 Å². The molecule has 0 saturated carbocycles. The lowest BCUT2D eigenvalue weighted by molar-refractivity contribution is -0.0461. The van der Waals surface area contributed by atoms with Crippen molar-refractivity contribution in [2.45, 2.75) is 45.3 Å². The first kappa shape index (κ1) is 15.0. The fourth-order valence-corrected chi connectivity index (χ4v) is 2.07. The number of hydrogen-bond donors (Lipinski definition) is 1. The van der Waals surface area contributed by atoms with Gasteiger partial charge in [0.05, 0.1) is 12.7 Å². The fourth-order valence-electron chi connectivity index (χ4n) is 2.07. The lowest BCUT2D eigenvalue weighted by Crippen LogP contribution is -2.48.